The Balaban J connectivity index is 1.45. The van der Waals surface area contributed by atoms with Crippen LogP contribution in [0.3, 0.4) is 0 Å². The minimum atomic E-state index is -0.0951. The van der Waals surface area contributed by atoms with Crippen molar-refractivity contribution >= 4 is 5.91 Å². The van der Waals surface area contributed by atoms with Gasteiger partial charge in [-0.3, -0.25) is 14.0 Å². The number of carbonyl (C=O) groups is 1. The molecule has 164 valence electrons. The third kappa shape index (κ3) is 4.33. The molecule has 1 aliphatic rings. The predicted molar refractivity (Wildman–Crippen MR) is 118 cm³/mol. The summed E-state index contributed by atoms with van der Waals surface area (Å²) in [6.45, 7) is 7.71. The van der Waals surface area contributed by atoms with Crippen LogP contribution in [-0.2, 0) is 26.1 Å². The van der Waals surface area contributed by atoms with Crippen molar-refractivity contribution in [2.45, 2.75) is 72.1 Å². The van der Waals surface area contributed by atoms with Gasteiger partial charge in [0.15, 0.2) is 0 Å². The molecule has 0 spiro atoms. The van der Waals surface area contributed by atoms with Gasteiger partial charge in [0.2, 0.25) is 0 Å². The van der Waals surface area contributed by atoms with Crippen LogP contribution in [0.5, 0.6) is 0 Å². The lowest BCUT2D eigenvalue weighted by molar-refractivity contribution is 0.0931. The Morgan fingerprint density at radius 2 is 1.90 bits per heavy atom. The van der Waals surface area contributed by atoms with Crippen LogP contribution < -0.4 is 11.0 Å². The molecule has 8 nitrogen and oxygen atoms in total. The van der Waals surface area contributed by atoms with Crippen molar-refractivity contribution in [3.63, 3.8) is 0 Å². The highest BCUT2D eigenvalue weighted by Crippen LogP contribution is 2.17. The molecule has 31 heavy (non-hydrogen) atoms. The Labute approximate surface area is 181 Å². The molecular formula is C23H30N6O2. The van der Waals surface area contributed by atoms with Crippen LogP contribution in [0.4, 0.5) is 0 Å². The number of benzene rings is 1. The number of carbonyl (C=O) groups excluding carboxylic acids is 1. The molecule has 1 unspecified atom stereocenters. The summed E-state index contributed by atoms with van der Waals surface area (Å²) in [6.07, 6.45) is 3.05. The number of nitrogens with zero attached hydrogens (tertiary/aromatic N) is 5. The third-order valence-corrected chi connectivity index (χ3v) is 5.97. The molecule has 0 saturated heterocycles. The number of aryl methyl sites for hydroxylation is 3. The fraction of sp³-hybridized carbons (Fsp3) is 0.478. The normalized spacial score (nSPS) is 16.0. The van der Waals surface area contributed by atoms with Gasteiger partial charge in [0, 0.05) is 31.2 Å². The van der Waals surface area contributed by atoms with E-state index in [2.05, 4.69) is 27.6 Å². The molecule has 0 bridgehead atoms. The second-order valence-electron chi connectivity index (χ2n) is 8.26. The first-order valence-electron chi connectivity index (χ1n) is 11.0. The fourth-order valence-electron chi connectivity index (χ4n) is 4.32. The Morgan fingerprint density at radius 1 is 1.13 bits per heavy atom. The van der Waals surface area contributed by atoms with Crippen molar-refractivity contribution in [2.24, 2.45) is 0 Å². The Kier molecular flexibility index (Phi) is 6.06. The quantitative estimate of drug-likeness (QED) is 0.661. The molecule has 4 rings (SSSR count). The lowest BCUT2D eigenvalue weighted by Gasteiger charge is -2.16. The van der Waals surface area contributed by atoms with Gasteiger partial charge in [-0.15, -0.1) is 0 Å². The minimum Gasteiger partial charge on any atom is -0.349 e. The number of hydrogen-bond acceptors (Lipinski definition) is 4. The van der Waals surface area contributed by atoms with Gasteiger partial charge in [-0.2, -0.15) is 10.2 Å². The second kappa shape index (κ2) is 8.91. The zero-order chi connectivity index (χ0) is 22.0. The van der Waals surface area contributed by atoms with Crippen LogP contribution in [-0.4, -0.2) is 36.1 Å². The molecule has 3 aromatic rings. The maximum Gasteiger partial charge on any atom is 0.345 e. The topological polar surface area (TPSA) is 86.7 Å². The van der Waals surface area contributed by atoms with Crippen LogP contribution in [0.15, 0.2) is 35.1 Å². The van der Waals surface area contributed by atoms with E-state index in [1.165, 1.54) is 0 Å². The van der Waals surface area contributed by atoms with Crippen molar-refractivity contribution in [1.29, 1.82) is 0 Å². The zero-order valence-corrected chi connectivity index (χ0v) is 18.5. The number of fused-ring (bicyclic) bond motifs is 1. The molecule has 1 amide bonds. The first kappa shape index (κ1) is 21.1. The van der Waals surface area contributed by atoms with Gasteiger partial charge in [-0.25, -0.2) is 9.48 Å². The minimum absolute atomic E-state index is 0.00417. The number of amides is 1. The van der Waals surface area contributed by atoms with Crippen LogP contribution in [0.1, 0.15) is 59.3 Å². The summed E-state index contributed by atoms with van der Waals surface area (Å²) in [7, 11) is 0. The lowest BCUT2D eigenvalue weighted by Crippen LogP contribution is -2.36. The molecule has 1 N–H and O–H groups in total. The van der Waals surface area contributed by atoms with E-state index in [-0.39, 0.29) is 17.6 Å². The van der Waals surface area contributed by atoms with E-state index in [4.69, 9.17) is 0 Å². The standard InChI is InChI=1S/C23H30N6O2/c1-4-13-28-23(31)27-14-12-19(10-11-20(27)26-28)24-22(30)21-16(2)25-29(17(21)3)15-18-8-6-5-7-9-18/h5-9,19H,4,10-15H2,1-3H3,(H,24,30). The first-order valence-corrected chi connectivity index (χ1v) is 11.0. The summed E-state index contributed by atoms with van der Waals surface area (Å²) in [5.41, 5.74) is 3.34. The molecule has 1 aliphatic heterocycles. The summed E-state index contributed by atoms with van der Waals surface area (Å²) in [5.74, 6) is 0.723. The van der Waals surface area contributed by atoms with Crippen molar-refractivity contribution in [3.8, 4) is 0 Å². The van der Waals surface area contributed by atoms with E-state index in [0.717, 1.165) is 35.6 Å². The van der Waals surface area contributed by atoms with Crippen molar-refractivity contribution in [1.82, 2.24) is 29.4 Å². The van der Waals surface area contributed by atoms with Crippen molar-refractivity contribution < 1.29 is 4.79 Å². The molecule has 2 aromatic heterocycles. The lowest BCUT2D eigenvalue weighted by atomic mass is 10.1. The second-order valence-corrected chi connectivity index (χ2v) is 8.26. The monoisotopic (exact) mass is 422 g/mol. The summed E-state index contributed by atoms with van der Waals surface area (Å²) in [5, 5.41) is 12.3. The van der Waals surface area contributed by atoms with Gasteiger partial charge >= 0.3 is 5.69 Å². The Bertz CT molecular complexity index is 1130. The third-order valence-electron chi connectivity index (χ3n) is 5.97. The average Bonchev–Trinajstić information content (AvgIpc) is 3.10. The summed E-state index contributed by atoms with van der Waals surface area (Å²) in [4.78, 5) is 25.6. The Hall–Kier alpha value is -3.16. The van der Waals surface area contributed by atoms with Crippen LogP contribution in [0.25, 0.3) is 0 Å². The average molecular weight is 423 g/mol. The number of hydrogen-bond donors (Lipinski definition) is 1. The molecule has 1 aromatic carbocycles. The Morgan fingerprint density at radius 3 is 2.65 bits per heavy atom. The van der Waals surface area contributed by atoms with Crippen LogP contribution in [0, 0.1) is 13.8 Å². The molecule has 1 atom stereocenters. The first-order chi connectivity index (χ1) is 15.0. The SMILES string of the molecule is CCCn1nc2n(c1=O)CCC(NC(=O)c1c(C)nn(Cc3ccccc3)c1C)CC2. The van der Waals surface area contributed by atoms with Gasteiger partial charge in [-0.1, -0.05) is 37.3 Å². The number of aromatic nitrogens is 5. The maximum atomic E-state index is 13.1. The molecule has 3 heterocycles. The van der Waals surface area contributed by atoms with Gasteiger partial charge in [0.1, 0.15) is 5.82 Å². The maximum absolute atomic E-state index is 13.1. The summed E-state index contributed by atoms with van der Waals surface area (Å²) < 4.78 is 5.21. The van der Waals surface area contributed by atoms with E-state index >= 15 is 0 Å². The van der Waals surface area contributed by atoms with Crippen molar-refractivity contribution in [2.75, 3.05) is 0 Å². The highest BCUT2D eigenvalue weighted by molar-refractivity contribution is 5.96. The molecular weight excluding hydrogens is 392 g/mol. The van der Waals surface area contributed by atoms with Gasteiger partial charge < -0.3 is 5.32 Å². The molecule has 0 aliphatic carbocycles. The van der Waals surface area contributed by atoms with E-state index in [1.807, 2.05) is 43.7 Å². The summed E-state index contributed by atoms with van der Waals surface area (Å²) in [6, 6.07) is 10.1. The molecule has 0 fully saturated rings. The molecule has 0 saturated carbocycles. The highest BCUT2D eigenvalue weighted by Gasteiger charge is 2.25. The van der Waals surface area contributed by atoms with Gasteiger partial charge in [0.25, 0.3) is 5.91 Å². The largest absolute Gasteiger partial charge is 0.349 e. The van der Waals surface area contributed by atoms with E-state index in [0.29, 0.717) is 38.0 Å². The number of nitrogens with one attached hydrogen (secondary N) is 1. The van der Waals surface area contributed by atoms with Crippen LogP contribution in [0.2, 0.25) is 0 Å². The van der Waals surface area contributed by atoms with E-state index in [1.54, 1.807) is 9.25 Å². The zero-order valence-electron chi connectivity index (χ0n) is 18.5. The molecule has 0 radical (unpaired) electrons. The van der Waals surface area contributed by atoms with E-state index < -0.39 is 0 Å². The highest BCUT2D eigenvalue weighted by atomic mass is 16.2. The summed E-state index contributed by atoms with van der Waals surface area (Å²) >= 11 is 0. The van der Waals surface area contributed by atoms with Crippen LogP contribution >= 0.6 is 0 Å². The smallest absolute Gasteiger partial charge is 0.345 e. The van der Waals surface area contributed by atoms with Gasteiger partial charge in [-0.05, 0) is 38.7 Å². The van der Waals surface area contributed by atoms with E-state index in [9.17, 15) is 9.59 Å². The predicted octanol–water partition coefficient (Wildman–Crippen LogP) is 2.45. The van der Waals surface area contributed by atoms with Gasteiger partial charge in [0.05, 0.1) is 17.8 Å². The van der Waals surface area contributed by atoms with Crippen molar-refractivity contribution in [3.05, 3.63) is 69.2 Å². The number of rotatable bonds is 6. The molecule has 8 heteroatoms. The fourth-order valence-corrected chi connectivity index (χ4v) is 4.32.